The molecule has 0 unspecified atom stereocenters. The fourth-order valence-corrected chi connectivity index (χ4v) is 5.14. The Bertz CT molecular complexity index is 724. The van der Waals surface area contributed by atoms with Gasteiger partial charge in [-0.25, -0.2) is 13.1 Å². The van der Waals surface area contributed by atoms with E-state index in [-0.39, 0.29) is 10.8 Å². The number of hydrogen-bond acceptors (Lipinski definition) is 4. The van der Waals surface area contributed by atoms with Gasteiger partial charge in [-0.3, -0.25) is 4.79 Å². The molecule has 0 atom stereocenters. The van der Waals surface area contributed by atoms with Crippen molar-refractivity contribution in [2.24, 2.45) is 5.73 Å². The van der Waals surface area contributed by atoms with Crippen LogP contribution >= 0.6 is 0 Å². The fraction of sp³-hybridized carbons (Fsp3) is 0.562. The lowest BCUT2D eigenvalue weighted by molar-refractivity contribution is -0.116. The number of carbonyl (C=O) groups is 1. The zero-order valence-electron chi connectivity index (χ0n) is 13.3. The van der Waals surface area contributed by atoms with Crippen LogP contribution in [0.2, 0.25) is 0 Å². The van der Waals surface area contributed by atoms with Gasteiger partial charge in [0.25, 0.3) is 0 Å². The third-order valence-corrected chi connectivity index (χ3v) is 6.52. The van der Waals surface area contributed by atoms with Gasteiger partial charge in [0, 0.05) is 31.2 Å². The first-order chi connectivity index (χ1) is 10.9. The topological polar surface area (TPSA) is 92.5 Å². The van der Waals surface area contributed by atoms with Gasteiger partial charge < -0.3 is 10.6 Å². The Kier molecular flexibility index (Phi) is 4.20. The van der Waals surface area contributed by atoms with Gasteiger partial charge in [-0.2, -0.15) is 0 Å². The lowest BCUT2D eigenvalue weighted by Gasteiger charge is -2.28. The zero-order chi connectivity index (χ0) is 16.7. The molecule has 1 heterocycles. The summed E-state index contributed by atoms with van der Waals surface area (Å²) in [5.74, 6) is -0.0227. The molecule has 1 saturated carbocycles. The molecule has 3 rings (SSSR count). The number of sulfonamides is 1. The quantitative estimate of drug-likeness (QED) is 0.862. The summed E-state index contributed by atoms with van der Waals surface area (Å²) in [4.78, 5) is 13.5. The molecule has 0 radical (unpaired) electrons. The van der Waals surface area contributed by atoms with Crippen LogP contribution in [0.4, 0.5) is 5.69 Å². The van der Waals surface area contributed by atoms with Crippen LogP contribution < -0.4 is 15.4 Å². The summed E-state index contributed by atoms with van der Waals surface area (Å²) >= 11 is 0. The first kappa shape index (κ1) is 16.4. The number of carbonyl (C=O) groups excluding carboxylic acids is 1. The molecule has 2 aliphatic rings. The summed E-state index contributed by atoms with van der Waals surface area (Å²) in [7, 11) is -3.61. The smallest absolute Gasteiger partial charge is 0.241 e. The van der Waals surface area contributed by atoms with Crippen LogP contribution in [0.15, 0.2) is 23.1 Å². The Morgan fingerprint density at radius 2 is 2.04 bits per heavy atom. The summed E-state index contributed by atoms with van der Waals surface area (Å²) in [5, 5.41) is 0. The van der Waals surface area contributed by atoms with Gasteiger partial charge in [0.1, 0.15) is 0 Å². The highest BCUT2D eigenvalue weighted by Gasteiger charge is 2.37. The lowest BCUT2D eigenvalue weighted by Crippen LogP contribution is -2.51. The van der Waals surface area contributed by atoms with Crippen LogP contribution in [0.25, 0.3) is 0 Å². The number of nitrogens with two attached hydrogens (primary N) is 1. The third-order valence-electron chi connectivity index (χ3n) is 4.94. The minimum atomic E-state index is -3.61. The molecule has 0 bridgehead atoms. The molecule has 6 nitrogen and oxygen atoms in total. The van der Waals surface area contributed by atoms with Crippen LogP contribution in [0.1, 0.15) is 38.2 Å². The summed E-state index contributed by atoms with van der Waals surface area (Å²) in [5.41, 5.74) is 7.02. The van der Waals surface area contributed by atoms with E-state index in [0.29, 0.717) is 19.5 Å². The minimum absolute atomic E-state index is 0.0227. The Morgan fingerprint density at radius 3 is 2.65 bits per heavy atom. The van der Waals surface area contributed by atoms with Crippen LogP contribution in [0.5, 0.6) is 0 Å². The van der Waals surface area contributed by atoms with Crippen molar-refractivity contribution in [3.05, 3.63) is 23.8 Å². The number of nitrogens with one attached hydrogen (secondary N) is 1. The molecule has 1 fully saturated rings. The molecule has 1 aromatic rings. The second-order valence-corrected chi connectivity index (χ2v) is 8.19. The predicted octanol–water partition coefficient (Wildman–Crippen LogP) is 1.15. The highest BCUT2D eigenvalue weighted by molar-refractivity contribution is 7.89. The van der Waals surface area contributed by atoms with Gasteiger partial charge in [0.05, 0.1) is 4.90 Å². The summed E-state index contributed by atoms with van der Waals surface area (Å²) < 4.78 is 28.3. The number of nitrogens with zero attached hydrogens (tertiary/aromatic N) is 1. The van der Waals surface area contributed by atoms with Gasteiger partial charge in [0.15, 0.2) is 0 Å². The highest BCUT2D eigenvalue weighted by atomic mass is 32.2. The maximum atomic E-state index is 12.7. The first-order valence-electron chi connectivity index (χ1n) is 8.02. The van der Waals surface area contributed by atoms with E-state index in [1.165, 1.54) is 6.92 Å². The lowest BCUT2D eigenvalue weighted by atomic mass is 10.0. The van der Waals surface area contributed by atoms with E-state index in [1.807, 2.05) is 0 Å². The van der Waals surface area contributed by atoms with E-state index in [1.54, 1.807) is 23.1 Å². The second kappa shape index (κ2) is 5.89. The number of amides is 1. The van der Waals surface area contributed by atoms with E-state index in [0.717, 1.165) is 36.9 Å². The Hall–Kier alpha value is -1.44. The van der Waals surface area contributed by atoms with Crippen molar-refractivity contribution in [1.29, 1.82) is 0 Å². The van der Waals surface area contributed by atoms with Crippen molar-refractivity contribution in [1.82, 2.24) is 4.72 Å². The number of fused-ring (bicyclic) bond motifs is 1. The number of rotatable bonds is 4. The van der Waals surface area contributed by atoms with Crippen molar-refractivity contribution in [2.75, 3.05) is 18.0 Å². The summed E-state index contributed by atoms with van der Waals surface area (Å²) in [6.07, 6.45) is 4.24. The van der Waals surface area contributed by atoms with E-state index in [2.05, 4.69) is 4.72 Å². The van der Waals surface area contributed by atoms with Gasteiger partial charge in [-0.15, -0.1) is 0 Å². The van der Waals surface area contributed by atoms with Crippen molar-refractivity contribution in [3.63, 3.8) is 0 Å². The summed E-state index contributed by atoms with van der Waals surface area (Å²) in [6, 6.07) is 4.98. The molecule has 0 spiro atoms. The molecule has 23 heavy (non-hydrogen) atoms. The standard InChI is InChI=1S/C16H23N3O3S/c1-12(20)19-9-6-13-10-14(4-5-15(13)19)23(21,22)18-16(11-17)7-2-3-8-16/h4-5,10,18H,2-3,6-9,11,17H2,1H3. The molecule has 1 aliphatic heterocycles. The average Bonchev–Trinajstić information content (AvgIpc) is 3.13. The van der Waals surface area contributed by atoms with Crippen molar-refractivity contribution in [2.45, 2.75) is 49.5 Å². The Morgan fingerprint density at radius 1 is 1.35 bits per heavy atom. The Labute approximate surface area is 137 Å². The van der Waals surface area contributed by atoms with E-state index < -0.39 is 15.6 Å². The van der Waals surface area contributed by atoms with Crippen LogP contribution in [-0.4, -0.2) is 33.0 Å². The van der Waals surface area contributed by atoms with Gasteiger partial charge in [-0.05, 0) is 43.0 Å². The molecule has 1 aliphatic carbocycles. The maximum Gasteiger partial charge on any atom is 0.241 e. The monoisotopic (exact) mass is 337 g/mol. The number of anilines is 1. The minimum Gasteiger partial charge on any atom is -0.329 e. The largest absolute Gasteiger partial charge is 0.329 e. The third kappa shape index (κ3) is 3.00. The second-order valence-electron chi connectivity index (χ2n) is 6.51. The maximum absolute atomic E-state index is 12.7. The normalized spacial score (nSPS) is 19.8. The van der Waals surface area contributed by atoms with Crippen molar-refractivity contribution >= 4 is 21.6 Å². The SMILES string of the molecule is CC(=O)N1CCc2cc(S(=O)(=O)NC3(CN)CCCC3)ccc21. The van der Waals surface area contributed by atoms with Crippen LogP contribution in [0.3, 0.4) is 0 Å². The predicted molar refractivity (Wildman–Crippen MR) is 88.7 cm³/mol. The molecule has 7 heteroatoms. The molecule has 3 N–H and O–H groups in total. The fourth-order valence-electron chi connectivity index (χ4n) is 3.62. The molecule has 126 valence electrons. The summed E-state index contributed by atoms with van der Waals surface area (Å²) in [6.45, 7) is 2.44. The van der Waals surface area contributed by atoms with Crippen molar-refractivity contribution < 1.29 is 13.2 Å². The van der Waals surface area contributed by atoms with Crippen molar-refractivity contribution in [3.8, 4) is 0 Å². The van der Waals surface area contributed by atoms with Crippen LogP contribution in [-0.2, 0) is 21.2 Å². The molecular formula is C16H23N3O3S. The Balaban J connectivity index is 1.88. The molecule has 1 amide bonds. The van der Waals surface area contributed by atoms with Gasteiger partial charge >= 0.3 is 0 Å². The molecule has 0 aromatic heterocycles. The van der Waals surface area contributed by atoms with Crippen LogP contribution in [0, 0.1) is 0 Å². The van der Waals surface area contributed by atoms with Gasteiger partial charge in [0.2, 0.25) is 15.9 Å². The zero-order valence-corrected chi connectivity index (χ0v) is 14.2. The van der Waals surface area contributed by atoms with E-state index in [4.69, 9.17) is 5.73 Å². The highest BCUT2D eigenvalue weighted by Crippen LogP contribution is 2.33. The number of hydrogen-bond donors (Lipinski definition) is 2. The first-order valence-corrected chi connectivity index (χ1v) is 9.50. The molecule has 1 aromatic carbocycles. The van der Waals surface area contributed by atoms with E-state index in [9.17, 15) is 13.2 Å². The molecular weight excluding hydrogens is 314 g/mol. The molecule has 0 saturated heterocycles. The average molecular weight is 337 g/mol. The van der Waals surface area contributed by atoms with E-state index >= 15 is 0 Å². The van der Waals surface area contributed by atoms with Gasteiger partial charge in [-0.1, -0.05) is 12.8 Å². The number of benzene rings is 1.